The zero-order valence-electron chi connectivity index (χ0n) is 17.0. The molecule has 0 radical (unpaired) electrons. The maximum Gasteiger partial charge on any atom is 0.282 e. The summed E-state index contributed by atoms with van der Waals surface area (Å²) in [5.41, 5.74) is 3.97. The highest BCUT2D eigenvalue weighted by atomic mass is 35.5. The summed E-state index contributed by atoms with van der Waals surface area (Å²) >= 11 is 6.25. The highest BCUT2D eigenvalue weighted by Gasteiger charge is 2.34. The quantitative estimate of drug-likeness (QED) is 0.426. The molecule has 1 heterocycles. The van der Waals surface area contributed by atoms with Crippen LogP contribution in [0.2, 0.25) is 5.02 Å². The Balaban J connectivity index is 1.41. The number of hydrogen-bond donors (Lipinski definition) is 2. The first-order valence-electron chi connectivity index (χ1n) is 9.80. The predicted molar refractivity (Wildman–Crippen MR) is 122 cm³/mol. The zero-order chi connectivity index (χ0) is 23.4. The molecule has 0 spiro atoms. The van der Waals surface area contributed by atoms with Gasteiger partial charge in [-0.1, -0.05) is 35.9 Å². The minimum absolute atomic E-state index is 0.0396. The van der Waals surface area contributed by atoms with E-state index < -0.39 is 23.5 Å². The first-order valence-corrected chi connectivity index (χ1v) is 10.2. The molecule has 0 atom stereocenters. The maximum atomic E-state index is 12.9. The van der Waals surface area contributed by atoms with Crippen LogP contribution in [0.25, 0.3) is 6.08 Å². The molecule has 1 aliphatic rings. The van der Waals surface area contributed by atoms with E-state index in [1.54, 1.807) is 36.4 Å². The number of nitrogens with one attached hydrogen (secondary N) is 2. The molecule has 166 valence electrons. The van der Waals surface area contributed by atoms with Gasteiger partial charge < -0.3 is 10.1 Å². The summed E-state index contributed by atoms with van der Waals surface area (Å²) in [6.45, 7) is -0.315. The van der Waals surface area contributed by atoms with E-state index in [1.807, 2.05) is 0 Å². The van der Waals surface area contributed by atoms with Crippen LogP contribution in [0.4, 0.5) is 15.8 Å². The minimum Gasteiger partial charge on any atom is -0.482 e. The molecule has 0 saturated carbocycles. The second kappa shape index (κ2) is 9.54. The van der Waals surface area contributed by atoms with Gasteiger partial charge in [0.2, 0.25) is 0 Å². The third-order valence-electron chi connectivity index (χ3n) is 4.66. The number of halogens is 2. The largest absolute Gasteiger partial charge is 0.482 e. The van der Waals surface area contributed by atoms with Crippen molar-refractivity contribution >= 4 is 46.8 Å². The fraction of sp³-hybridized carbons (Fsp3) is 0.0417. The summed E-state index contributed by atoms with van der Waals surface area (Å²) < 4.78 is 18.4. The lowest BCUT2D eigenvalue weighted by molar-refractivity contribution is -0.118. The van der Waals surface area contributed by atoms with Gasteiger partial charge in [-0.3, -0.25) is 19.8 Å². The first-order chi connectivity index (χ1) is 15.9. The van der Waals surface area contributed by atoms with Gasteiger partial charge in [0.1, 0.15) is 17.1 Å². The maximum absolute atomic E-state index is 12.9. The number of hydrogen-bond acceptors (Lipinski definition) is 4. The lowest BCUT2D eigenvalue weighted by Crippen LogP contribution is -2.35. The van der Waals surface area contributed by atoms with E-state index in [0.29, 0.717) is 16.9 Å². The number of para-hydroxylation sites is 1. The van der Waals surface area contributed by atoms with Crippen LogP contribution in [0.5, 0.6) is 5.75 Å². The van der Waals surface area contributed by atoms with Gasteiger partial charge in [0.15, 0.2) is 6.61 Å². The second-order valence-electron chi connectivity index (χ2n) is 7.01. The summed E-state index contributed by atoms with van der Waals surface area (Å²) in [4.78, 5) is 37.0. The van der Waals surface area contributed by atoms with E-state index in [2.05, 4.69) is 10.7 Å². The Morgan fingerprint density at radius 3 is 2.48 bits per heavy atom. The van der Waals surface area contributed by atoms with E-state index in [1.165, 1.54) is 47.5 Å². The van der Waals surface area contributed by atoms with Crippen molar-refractivity contribution in [3.63, 3.8) is 0 Å². The summed E-state index contributed by atoms with van der Waals surface area (Å²) in [7, 11) is 0. The van der Waals surface area contributed by atoms with Crippen molar-refractivity contribution in [2.75, 3.05) is 16.9 Å². The second-order valence-corrected chi connectivity index (χ2v) is 7.42. The van der Waals surface area contributed by atoms with Crippen molar-refractivity contribution in [3.8, 4) is 5.75 Å². The molecule has 0 bridgehead atoms. The third kappa shape index (κ3) is 5.19. The van der Waals surface area contributed by atoms with Gasteiger partial charge in [-0.15, -0.1) is 0 Å². The number of nitrogens with zero attached hydrogens (tertiary/aromatic N) is 1. The predicted octanol–water partition coefficient (Wildman–Crippen LogP) is 3.96. The molecule has 0 unspecified atom stereocenters. The standard InChI is InChI=1S/C24H17ClFN3O4/c25-20-13-15(12-19-23(31)28-29(24(19)32)18-4-2-1-3-5-18)6-11-21(20)33-14-22(30)27-17-9-7-16(26)8-10-17/h1-13H,14H2,(H,27,30)(H,28,31)/b19-12-. The molecule has 3 aromatic carbocycles. The van der Waals surface area contributed by atoms with Gasteiger partial charge in [0, 0.05) is 5.69 Å². The average molecular weight is 466 g/mol. The monoisotopic (exact) mass is 465 g/mol. The highest BCUT2D eigenvalue weighted by molar-refractivity contribution is 6.33. The molecule has 9 heteroatoms. The summed E-state index contributed by atoms with van der Waals surface area (Å²) in [6.07, 6.45) is 1.43. The molecule has 33 heavy (non-hydrogen) atoms. The van der Waals surface area contributed by atoms with Crippen LogP contribution in [-0.2, 0) is 14.4 Å². The molecule has 0 aliphatic carbocycles. The number of ether oxygens (including phenoxy) is 1. The van der Waals surface area contributed by atoms with E-state index in [9.17, 15) is 18.8 Å². The Bertz CT molecular complexity index is 1250. The van der Waals surface area contributed by atoms with Crippen molar-refractivity contribution in [1.29, 1.82) is 0 Å². The number of carbonyl (C=O) groups excluding carboxylic acids is 3. The number of rotatable bonds is 6. The minimum atomic E-state index is -0.530. The van der Waals surface area contributed by atoms with Gasteiger partial charge >= 0.3 is 0 Å². The van der Waals surface area contributed by atoms with Crippen molar-refractivity contribution < 1.29 is 23.5 Å². The van der Waals surface area contributed by atoms with Crippen LogP contribution in [0.3, 0.4) is 0 Å². The van der Waals surface area contributed by atoms with Crippen LogP contribution in [0, 0.1) is 5.82 Å². The SMILES string of the molecule is O=C(COc1ccc(/C=C2/C(=O)NN(c3ccccc3)C2=O)cc1Cl)Nc1ccc(F)cc1. The van der Waals surface area contributed by atoms with E-state index in [4.69, 9.17) is 16.3 Å². The number of anilines is 2. The molecule has 3 aromatic rings. The van der Waals surface area contributed by atoms with Crippen molar-refractivity contribution in [2.24, 2.45) is 0 Å². The van der Waals surface area contributed by atoms with Gasteiger partial charge in [-0.25, -0.2) is 9.40 Å². The summed E-state index contributed by atoms with van der Waals surface area (Å²) in [6, 6.07) is 18.7. The van der Waals surface area contributed by atoms with Crippen LogP contribution in [0.1, 0.15) is 5.56 Å². The Labute approximate surface area is 193 Å². The molecule has 1 fully saturated rings. The van der Waals surface area contributed by atoms with E-state index in [0.717, 1.165) is 0 Å². The first kappa shape index (κ1) is 22.0. The molecular formula is C24H17ClFN3O4. The van der Waals surface area contributed by atoms with Gasteiger partial charge in [-0.2, -0.15) is 0 Å². The van der Waals surface area contributed by atoms with Crippen LogP contribution in [0.15, 0.2) is 78.4 Å². The smallest absolute Gasteiger partial charge is 0.282 e. The fourth-order valence-corrected chi connectivity index (χ4v) is 3.32. The number of carbonyl (C=O) groups is 3. The topological polar surface area (TPSA) is 87.7 Å². The van der Waals surface area contributed by atoms with Crippen LogP contribution < -0.4 is 20.5 Å². The number of amides is 3. The number of benzene rings is 3. The molecule has 3 amide bonds. The van der Waals surface area contributed by atoms with E-state index >= 15 is 0 Å². The average Bonchev–Trinajstić information content (AvgIpc) is 3.09. The zero-order valence-corrected chi connectivity index (χ0v) is 17.8. The molecule has 0 aromatic heterocycles. The van der Waals surface area contributed by atoms with Crippen LogP contribution >= 0.6 is 11.6 Å². The lowest BCUT2D eigenvalue weighted by atomic mass is 10.1. The van der Waals surface area contributed by atoms with Crippen molar-refractivity contribution in [1.82, 2.24) is 5.43 Å². The Morgan fingerprint density at radius 2 is 1.79 bits per heavy atom. The Kier molecular flexibility index (Phi) is 6.37. The van der Waals surface area contributed by atoms with Gasteiger partial charge in [-0.05, 0) is 60.2 Å². The molecule has 2 N–H and O–H groups in total. The molecular weight excluding hydrogens is 449 g/mol. The summed E-state index contributed by atoms with van der Waals surface area (Å²) in [5, 5.41) is 3.95. The highest BCUT2D eigenvalue weighted by Crippen LogP contribution is 2.28. The lowest BCUT2D eigenvalue weighted by Gasteiger charge is -2.13. The Morgan fingerprint density at radius 1 is 1.06 bits per heavy atom. The Hall–Kier alpha value is -4.17. The third-order valence-corrected chi connectivity index (χ3v) is 4.95. The van der Waals surface area contributed by atoms with Crippen molar-refractivity contribution in [3.05, 3.63) is 94.8 Å². The number of hydrazine groups is 1. The van der Waals surface area contributed by atoms with Crippen molar-refractivity contribution in [2.45, 2.75) is 0 Å². The van der Waals surface area contributed by atoms with Gasteiger partial charge in [0.25, 0.3) is 17.7 Å². The van der Waals surface area contributed by atoms with Gasteiger partial charge in [0.05, 0.1) is 10.7 Å². The summed E-state index contributed by atoms with van der Waals surface area (Å²) in [5.74, 6) is -1.62. The molecule has 1 saturated heterocycles. The molecule has 7 nitrogen and oxygen atoms in total. The normalized spacial score (nSPS) is 14.4. The van der Waals surface area contributed by atoms with E-state index in [-0.39, 0.29) is 23.0 Å². The van der Waals surface area contributed by atoms with Crippen LogP contribution in [-0.4, -0.2) is 24.3 Å². The molecule has 4 rings (SSSR count). The molecule has 1 aliphatic heterocycles. The fourth-order valence-electron chi connectivity index (χ4n) is 3.08.